The van der Waals surface area contributed by atoms with Gasteiger partial charge in [0, 0.05) is 10.3 Å². The fourth-order valence-electron chi connectivity index (χ4n) is 0.600. The van der Waals surface area contributed by atoms with Gasteiger partial charge in [0.25, 0.3) is 0 Å². The highest BCUT2D eigenvalue weighted by Crippen LogP contribution is 2.30. The van der Waals surface area contributed by atoms with Gasteiger partial charge in [0.1, 0.15) is 0 Å². The van der Waals surface area contributed by atoms with Gasteiger partial charge in [-0.3, -0.25) is 0 Å². The van der Waals surface area contributed by atoms with Crippen molar-refractivity contribution in [1.29, 1.82) is 0 Å². The van der Waals surface area contributed by atoms with Crippen molar-refractivity contribution < 1.29 is 0 Å². The number of allylic oxidation sites excluding steroid dienone is 2. The van der Waals surface area contributed by atoms with E-state index in [9.17, 15) is 0 Å². The zero-order valence-corrected chi connectivity index (χ0v) is 10.2. The van der Waals surface area contributed by atoms with E-state index in [0.717, 1.165) is 10.2 Å². The molecule has 0 aromatic carbocycles. The van der Waals surface area contributed by atoms with Crippen molar-refractivity contribution in [3.05, 3.63) is 34.2 Å². The molecule has 0 spiro atoms. The predicted molar refractivity (Wildman–Crippen MR) is 63.9 cm³/mol. The molecule has 0 saturated heterocycles. The molecular weight excluding hydrogens is 256 g/mol. The average Bonchev–Trinajstić information content (AvgIpc) is 1.98. The lowest BCUT2D eigenvalue weighted by Gasteiger charge is -2.07. The van der Waals surface area contributed by atoms with E-state index in [1.165, 1.54) is 0 Å². The Kier molecular flexibility index (Phi) is 7.01. The summed E-state index contributed by atoms with van der Waals surface area (Å²) in [4.78, 5) is 0. The molecule has 0 nitrogen and oxygen atoms in total. The van der Waals surface area contributed by atoms with Crippen LogP contribution in [0.2, 0.25) is 0 Å². The van der Waals surface area contributed by atoms with E-state index in [2.05, 4.69) is 36.0 Å². The van der Waals surface area contributed by atoms with Gasteiger partial charge < -0.3 is 0 Å². The first-order valence-electron chi connectivity index (χ1n) is 3.61. The van der Waals surface area contributed by atoms with Gasteiger partial charge in [-0.2, -0.15) is 0 Å². The monoisotopic (exact) mass is 266 g/mol. The molecule has 0 bridgehead atoms. The molecule has 0 fully saturated rings. The van der Waals surface area contributed by atoms with Crippen molar-refractivity contribution in [3.8, 4) is 0 Å². The lowest BCUT2D eigenvalue weighted by molar-refractivity contribution is 0.983. The lowest BCUT2D eigenvalue weighted by atomic mass is 10.3. The molecule has 0 radical (unpaired) electrons. The van der Waals surface area contributed by atoms with Gasteiger partial charge in [0.2, 0.25) is 0 Å². The molecule has 0 heterocycles. The summed E-state index contributed by atoms with van der Waals surface area (Å²) in [5.41, 5.74) is 0. The normalized spacial score (nSPS) is 14.1. The molecule has 0 aliphatic heterocycles. The minimum atomic E-state index is 0.437. The van der Waals surface area contributed by atoms with Crippen LogP contribution in [0, 0.1) is 0 Å². The highest BCUT2D eigenvalue weighted by Gasteiger charge is 2.03. The molecule has 0 N–H and O–H groups in total. The van der Waals surface area contributed by atoms with Crippen molar-refractivity contribution in [2.24, 2.45) is 0 Å². The molecule has 0 rings (SSSR count). The number of rotatable bonds is 5. The average molecular weight is 268 g/mol. The van der Waals surface area contributed by atoms with Crippen LogP contribution in [0.5, 0.6) is 0 Å². The first-order valence-corrected chi connectivity index (χ1v) is 5.66. The van der Waals surface area contributed by atoms with Crippen molar-refractivity contribution in [2.75, 3.05) is 0 Å². The second-order valence-electron chi connectivity index (χ2n) is 2.20. The summed E-state index contributed by atoms with van der Waals surface area (Å²) in [7, 11) is 0. The smallest absolute Gasteiger partial charge is 0.0523 e. The van der Waals surface area contributed by atoms with E-state index in [1.54, 1.807) is 17.8 Å². The molecule has 3 heteroatoms. The summed E-state index contributed by atoms with van der Waals surface area (Å²) >= 11 is 10.7. The number of hydrogen-bond acceptors (Lipinski definition) is 1. The highest BCUT2D eigenvalue weighted by atomic mass is 79.9. The Balaban J connectivity index is 4.05. The largest absolute Gasteiger partial charge is 0.111 e. The van der Waals surface area contributed by atoms with Crippen LogP contribution in [0.25, 0.3) is 0 Å². The molecule has 68 valence electrons. The zero-order chi connectivity index (χ0) is 9.56. The van der Waals surface area contributed by atoms with Crippen LogP contribution in [0.1, 0.15) is 13.3 Å². The van der Waals surface area contributed by atoms with Gasteiger partial charge in [0.05, 0.1) is 3.81 Å². The quantitative estimate of drug-likeness (QED) is 0.515. The molecule has 0 aliphatic carbocycles. The first-order chi connectivity index (χ1) is 5.60. The summed E-state index contributed by atoms with van der Waals surface area (Å²) in [5.74, 6) is 0. The standard InChI is InChI=1S/C9H12BrClS/c1-4-8(5-2)12-9(10)6-7(3)11/h4,6,8H,1,3,5H2,2H3/b9-6-/t8-/m0/s1. The van der Waals surface area contributed by atoms with Gasteiger partial charge >= 0.3 is 0 Å². The van der Waals surface area contributed by atoms with E-state index in [1.807, 2.05) is 6.08 Å². The maximum atomic E-state index is 5.60. The van der Waals surface area contributed by atoms with Gasteiger partial charge in [0.15, 0.2) is 0 Å². The van der Waals surface area contributed by atoms with Crippen molar-refractivity contribution in [3.63, 3.8) is 0 Å². The molecule has 1 atom stereocenters. The molecule has 0 aromatic heterocycles. The second-order valence-corrected chi connectivity index (χ2v) is 5.34. The maximum Gasteiger partial charge on any atom is 0.0523 e. The number of thioether (sulfide) groups is 1. The lowest BCUT2D eigenvalue weighted by Crippen LogP contribution is -1.92. The Bertz CT molecular complexity index is 199. The third-order valence-electron chi connectivity index (χ3n) is 1.20. The Morgan fingerprint density at radius 3 is 2.67 bits per heavy atom. The fourth-order valence-corrected chi connectivity index (χ4v) is 2.66. The fraction of sp³-hybridized carbons (Fsp3) is 0.333. The minimum absolute atomic E-state index is 0.437. The molecular formula is C9H12BrClS. The van der Waals surface area contributed by atoms with E-state index in [-0.39, 0.29) is 0 Å². The topological polar surface area (TPSA) is 0 Å². The molecule has 0 aromatic rings. The van der Waals surface area contributed by atoms with Crippen LogP contribution in [0.15, 0.2) is 34.2 Å². The summed E-state index contributed by atoms with van der Waals surface area (Å²) < 4.78 is 0.995. The van der Waals surface area contributed by atoms with Crippen LogP contribution in [-0.4, -0.2) is 5.25 Å². The van der Waals surface area contributed by atoms with E-state index >= 15 is 0 Å². The number of halogens is 2. The Morgan fingerprint density at radius 1 is 1.75 bits per heavy atom. The molecule has 0 saturated carbocycles. The van der Waals surface area contributed by atoms with Crippen LogP contribution in [0.3, 0.4) is 0 Å². The number of hydrogen-bond donors (Lipinski definition) is 0. The Morgan fingerprint density at radius 2 is 2.33 bits per heavy atom. The summed E-state index contributed by atoms with van der Waals surface area (Å²) in [6.07, 6.45) is 4.78. The molecule has 0 unspecified atom stereocenters. The predicted octanol–water partition coefficient (Wildman–Crippen LogP) is 4.67. The SMILES string of the molecule is C=C[C@@H](CC)S/C(Br)=C\C(=C)Cl. The van der Waals surface area contributed by atoms with Gasteiger partial charge in [-0.15, -0.1) is 18.3 Å². The first kappa shape index (κ1) is 12.3. The molecule has 0 aliphatic rings. The van der Waals surface area contributed by atoms with Crippen molar-refractivity contribution in [1.82, 2.24) is 0 Å². The summed E-state index contributed by atoms with van der Waals surface area (Å²) in [6.45, 7) is 9.43. The van der Waals surface area contributed by atoms with E-state index < -0.39 is 0 Å². The highest BCUT2D eigenvalue weighted by molar-refractivity contribution is 9.14. The van der Waals surface area contributed by atoms with Crippen LogP contribution in [0.4, 0.5) is 0 Å². The van der Waals surface area contributed by atoms with Crippen LogP contribution >= 0.6 is 39.3 Å². The van der Waals surface area contributed by atoms with E-state index in [4.69, 9.17) is 11.6 Å². The summed E-state index contributed by atoms with van der Waals surface area (Å²) in [6, 6.07) is 0. The molecule has 12 heavy (non-hydrogen) atoms. The third-order valence-corrected chi connectivity index (χ3v) is 3.27. The Hall–Kier alpha value is 0.340. The van der Waals surface area contributed by atoms with Gasteiger partial charge in [-0.1, -0.05) is 31.2 Å². The van der Waals surface area contributed by atoms with Gasteiger partial charge in [-0.05, 0) is 28.4 Å². The third kappa shape index (κ3) is 5.92. The van der Waals surface area contributed by atoms with Crippen molar-refractivity contribution >= 4 is 39.3 Å². The maximum absolute atomic E-state index is 5.60. The van der Waals surface area contributed by atoms with E-state index in [0.29, 0.717) is 10.3 Å². The van der Waals surface area contributed by atoms with Crippen LogP contribution in [-0.2, 0) is 0 Å². The zero-order valence-electron chi connectivity index (χ0n) is 7.02. The van der Waals surface area contributed by atoms with Crippen LogP contribution < -0.4 is 0 Å². The Labute approximate surface area is 91.9 Å². The summed E-state index contributed by atoms with van der Waals surface area (Å²) in [5, 5.41) is 0.972. The molecule has 0 amide bonds. The second kappa shape index (κ2) is 6.81. The van der Waals surface area contributed by atoms with Crippen molar-refractivity contribution in [2.45, 2.75) is 18.6 Å². The van der Waals surface area contributed by atoms with Gasteiger partial charge in [-0.25, -0.2) is 0 Å². The minimum Gasteiger partial charge on any atom is -0.111 e.